The van der Waals surface area contributed by atoms with Crippen molar-refractivity contribution >= 4 is 46.2 Å². The first kappa shape index (κ1) is 21.2. The van der Waals surface area contributed by atoms with Gasteiger partial charge in [-0.2, -0.15) is 0 Å². The van der Waals surface area contributed by atoms with E-state index in [4.69, 9.17) is 14.6 Å². The van der Waals surface area contributed by atoms with Crippen molar-refractivity contribution in [1.82, 2.24) is 0 Å². The van der Waals surface area contributed by atoms with E-state index in [1.165, 1.54) is 44.6 Å². The SMILES string of the molecule is COc1ccc(N2C(=O)SC(CC(=O)Nc3cccc(C(=O)O)c3)C2=O)c(OC)c1. The first-order valence-corrected chi connectivity index (χ1v) is 9.62. The molecule has 1 saturated heterocycles. The van der Waals surface area contributed by atoms with Gasteiger partial charge in [-0.25, -0.2) is 9.69 Å². The maximum Gasteiger partial charge on any atom is 0.335 e. The molecule has 0 bridgehead atoms. The second-order valence-corrected chi connectivity index (χ2v) is 7.38. The molecule has 1 atom stereocenters. The highest BCUT2D eigenvalue weighted by atomic mass is 32.2. The molecule has 30 heavy (non-hydrogen) atoms. The largest absolute Gasteiger partial charge is 0.497 e. The summed E-state index contributed by atoms with van der Waals surface area (Å²) in [6, 6.07) is 10.4. The molecule has 2 N–H and O–H groups in total. The zero-order valence-electron chi connectivity index (χ0n) is 16.1. The average Bonchev–Trinajstić information content (AvgIpc) is 3.00. The number of nitrogens with zero attached hydrogens (tertiary/aromatic N) is 1. The van der Waals surface area contributed by atoms with Crippen molar-refractivity contribution in [3.63, 3.8) is 0 Å². The van der Waals surface area contributed by atoms with Crippen molar-refractivity contribution in [2.45, 2.75) is 11.7 Å². The second-order valence-electron chi connectivity index (χ2n) is 6.22. The van der Waals surface area contributed by atoms with Crippen LogP contribution in [0.5, 0.6) is 11.5 Å². The van der Waals surface area contributed by atoms with Crippen LogP contribution in [0.2, 0.25) is 0 Å². The van der Waals surface area contributed by atoms with Crippen LogP contribution in [0, 0.1) is 0 Å². The molecule has 0 spiro atoms. The molecule has 1 heterocycles. The van der Waals surface area contributed by atoms with Crippen LogP contribution < -0.4 is 19.7 Å². The van der Waals surface area contributed by atoms with Crippen LogP contribution in [0.1, 0.15) is 16.8 Å². The van der Waals surface area contributed by atoms with E-state index in [9.17, 15) is 19.2 Å². The number of hydrogen-bond acceptors (Lipinski definition) is 7. The fraction of sp³-hybridized carbons (Fsp3) is 0.200. The Balaban J connectivity index is 1.73. The van der Waals surface area contributed by atoms with E-state index in [2.05, 4.69) is 5.32 Å². The Morgan fingerprint density at radius 3 is 2.57 bits per heavy atom. The standard InChI is InChI=1S/C20H18N2O7S/c1-28-13-6-7-14(15(9-13)29-2)22-18(24)16(30-20(22)27)10-17(23)21-12-5-3-4-11(8-12)19(25)26/h3-9,16H,10H2,1-2H3,(H,21,23)(H,25,26). The number of rotatable bonds is 7. The summed E-state index contributed by atoms with van der Waals surface area (Å²) in [5.74, 6) is -1.39. The lowest BCUT2D eigenvalue weighted by molar-refractivity contribution is -0.121. The predicted molar refractivity (Wildman–Crippen MR) is 110 cm³/mol. The summed E-state index contributed by atoms with van der Waals surface area (Å²) in [6.07, 6.45) is -0.249. The van der Waals surface area contributed by atoms with Gasteiger partial charge in [0.1, 0.15) is 16.7 Å². The number of benzene rings is 2. The Hall–Kier alpha value is -3.53. The summed E-state index contributed by atoms with van der Waals surface area (Å²) >= 11 is 0.748. The fourth-order valence-electron chi connectivity index (χ4n) is 2.88. The molecule has 1 unspecified atom stereocenters. The van der Waals surface area contributed by atoms with Crippen molar-refractivity contribution in [2.75, 3.05) is 24.4 Å². The van der Waals surface area contributed by atoms with Gasteiger partial charge in [0.25, 0.3) is 5.24 Å². The Labute approximate surface area is 176 Å². The monoisotopic (exact) mass is 430 g/mol. The Bertz CT molecular complexity index is 1020. The van der Waals surface area contributed by atoms with Gasteiger partial charge in [0.2, 0.25) is 11.8 Å². The summed E-state index contributed by atoms with van der Waals surface area (Å²) in [6.45, 7) is 0. The van der Waals surface area contributed by atoms with E-state index >= 15 is 0 Å². The normalized spacial score (nSPS) is 15.8. The summed E-state index contributed by atoms with van der Waals surface area (Å²) in [4.78, 5) is 49.6. The first-order chi connectivity index (χ1) is 14.3. The molecule has 1 aliphatic rings. The van der Waals surface area contributed by atoms with Crippen LogP contribution in [0.3, 0.4) is 0 Å². The van der Waals surface area contributed by atoms with Crippen molar-refractivity contribution in [3.8, 4) is 11.5 Å². The van der Waals surface area contributed by atoms with Gasteiger partial charge in [-0.15, -0.1) is 0 Å². The molecule has 1 aliphatic heterocycles. The van der Waals surface area contributed by atoms with Crippen LogP contribution in [0.15, 0.2) is 42.5 Å². The number of ether oxygens (including phenoxy) is 2. The van der Waals surface area contributed by atoms with Crippen LogP contribution >= 0.6 is 11.8 Å². The number of anilines is 2. The van der Waals surface area contributed by atoms with Crippen LogP contribution in [-0.4, -0.2) is 47.6 Å². The van der Waals surface area contributed by atoms with E-state index in [-0.39, 0.29) is 29.1 Å². The van der Waals surface area contributed by atoms with Gasteiger partial charge in [-0.3, -0.25) is 14.4 Å². The second kappa shape index (κ2) is 8.87. The molecule has 2 aromatic carbocycles. The number of hydrogen-bond donors (Lipinski definition) is 2. The summed E-state index contributed by atoms with van der Waals surface area (Å²) in [5, 5.41) is 10.2. The van der Waals surface area contributed by atoms with E-state index in [0.717, 1.165) is 16.7 Å². The number of carbonyl (C=O) groups is 4. The minimum absolute atomic E-state index is 0.0204. The van der Waals surface area contributed by atoms with Gasteiger partial charge in [-0.05, 0) is 42.1 Å². The molecule has 10 heteroatoms. The maximum atomic E-state index is 12.8. The number of imide groups is 1. The van der Waals surface area contributed by atoms with E-state index in [1.807, 2.05) is 0 Å². The molecule has 1 fully saturated rings. The molecule has 0 aromatic heterocycles. The van der Waals surface area contributed by atoms with Crippen molar-refractivity contribution in [2.24, 2.45) is 0 Å². The summed E-state index contributed by atoms with van der Waals surface area (Å²) in [5.41, 5.74) is 0.570. The van der Waals surface area contributed by atoms with Gasteiger partial charge < -0.3 is 19.9 Å². The molecule has 0 saturated carbocycles. The van der Waals surface area contributed by atoms with Crippen LogP contribution in [0.25, 0.3) is 0 Å². The lowest BCUT2D eigenvalue weighted by Gasteiger charge is -2.18. The molecule has 3 rings (SSSR count). The molecule has 2 aromatic rings. The number of amides is 3. The number of carboxylic acids is 1. The Morgan fingerprint density at radius 1 is 1.13 bits per heavy atom. The van der Waals surface area contributed by atoms with Crippen molar-refractivity contribution in [1.29, 1.82) is 0 Å². The summed E-state index contributed by atoms with van der Waals surface area (Å²) in [7, 11) is 2.89. The highest BCUT2D eigenvalue weighted by Gasteiger charge is 2.42. The zero-order valence-corrected chi connectivity index (χ0v) is 16.9. The van der Waals surface area contributed by atoms with E-state index in [1.54, 1.807) is 12.1 Å². The quantitative estimate of drug-likeness (QED) is 0.687. The minimum atomic E-state index is -1.12. The predicted octanol–water partition coefficient (Wildman–Crippen LogP) is 3.00. The maximum absolute atomic E-state index is 12.8. The topological polar surface area (TPSA) is 122 Å². The fourth-order valence-corrected chi connectivity index (χ4v) is 3.86. The number of aromatic carboxylic acids is 1. The summed E-state index contributed by atoms with van der Waals surface area (Å²) < 4.78 is 10.4. The van der Waals surface area contributed by atoms with Gasteiger partial charge in [0.15, 0.2) is 0 Å². The smallest absolute Gasteiger partial charge is 0.335 e. The van der Waals surface area contributed by atoms with Gasteiger partial charge >= 0.3 is 5.97 Å². The minimum Gasteiger partial charge on any atom is -0.497 e. The number of carboxylic acid groups (broad SMARTS) is 1. The third-order valence-electron chi connectivity index (χ3n) is 4.31. The lowest BCUT2D eigenvalue weighted by atomic mass is 10.2. The number of thioether (sulfide) groups is 1. The molecular weight excluding hydrogens is 412 g/mol. The molecule has 3 amide bonds. The molecule has 9 nitrogen and oxygen atoms in total. The van der Waals surface area contributed by atoms with Gasteiger partial charge in [-0.1, -0.05) is 6.07 Å². The van der Waals surface area contributed by atoms with Gasteiger partial charge in [0.05, 0.1) is 25.5 Å². The first-order valence-electron chi connectivity index (χ1n) is 8.74. The average molecular weight is 430 g/mol. The number of methoxy groups -OCH3 is 2. The van der Waals surface area contributed by atoms with Crippen LogP contribution in [0.4, 0.5) is 16.2 Å². The highest BCUT2D eigenvalue weighted by molar-refractivity contribution is 8.15. The molecular formula is C20H18N2O7S. The third kappa shape index (κ3) is 4.38. The van der Waals surface area contributed by atoms with Gasteiger partial charge in [0, 0.05) is 18.2 Å². The lowest BCUT2D eigenvalue weighted by Crippen LogP contribution is -2.33. The Kier molecular flexibility index (Phi) is 6.26. The molecule has 156 valence electrons. The number of carbonyl (C=O) groups excluding carboxylic acids is 3. The van der Waals surface area contributed by atoms with E-state index < -0.39 is 28.3 Å². The van der Waals surface area contributed by atoms with Crippen LogP contribution in [-0.2, 0) is 9.59 Å². The third-order valence-corrected chi connectivity index (χ3v) is 5.35. The van der Waals surface area contributed by atoms with E-state index in [0.29, 0.717) is 5.75 Å². The molecule has 0 aliphatic carbocycles. The molecule has 0 radical (unpaired) electrons. The van der Waals surface area contributed by atoms with Crippen molar-refractivity contribution in [3.05, 3.63) is 48.0 Å². The van der Waals surface area contributed by atoms with Crippen molar-refractivity contribution < 1.29 is 33.8 Å². The Morgan fingerprint density at radius 2 is 1.90 bits per heavy atom. The number of nitrogens with one attached hydrogen (secondary N) is 1. The zero-order chi connectivity index (χ0) is 21.8. The highest BCUT2D eigenvalue weighted by Crippen LogP contribution is 2.39.